The van der Waals surface area contributed by atoms with Gasteiger partial charge in [0.2, 0.25) is 0 Å². The van der Waals surface area contributed by atoms with Crippen LogP contribution in [0.3, 0.4) is 0 Å². The molecule has 160 valence electrons. The third kappa shape index (κ3) is 4.76. The summed E-state index contributed by atoms with van der Waals surface area (Å²) in [5, 5.41) is 2.42. The zero-order valence-electron chi connectivity index (χ0n) is 19.1. The summed E-state index contributed by atoms with van der Waals surface area (Å²) in [5.74, 6) is -0.226. The minimum absolute atomic E-state index is 0.0851. The Morgan fingerprint density at radius 2 is 1.37 bits per heavy atom. The van der Waals surface area contributed by atoms with Crippen molar-refractivity contribution < 1.29 is 14.0 Å². The van der Waals surface area contributed by atoms with E-state index in [2.05, 4.69) is 69.3 Å². The van der Waals surface area contributed by atoms with Crippen molar-refractivity contribution in [2.45, 2.75) is 71.1 Å². The molecule has 30 heavy (non-hydrogen) atoms. The molecule has 0 amide bonds. The predicted octanol–water partition coefficient (Wildman–Crippen LogP) is 4.99. The van der Waals surface area contributed by atoms with Gasteiger partial charge in [0.25, 0.3) is 8.32 Å². The van der Waals surface area contributed by atoms with Gasteiger partial charge in [-0.1, -0.05) is 81.4 Å². The van der Waals surface area contributed by atoms with Crippen LogP contribution in [0.25, 0.3) is 0 Å². The molecule has 1 unspecified atom stereocenters. The van der Waals surface area contributed by atoms with Crippen LogP contribution in [0, 0.1) is 0 Å². The van der Waals surface area contributed by atoms with Crippen molar-refractivity contribution >= 4 is 24.7 Å². The molecule has 2 aromatic rings. The van der Waals surface area contributed by atoms with E-state index >= 15 is 0 Å². The lowest BCUT2D eigenvalue weighted by Gasteiger charge is -2.44. The molecule has 3 rings (SSSR count). The number of rotatable bonds is 5. The lowest BCUT2D eigenvalue weighted by Crippen LogP contribution is -2.67. The summed E-state index contributed by atoms with van der Waals surface area (Å²) in [6, 6.07) is 21.2. The lowest BCUT2D eigenvalue weighted by atomic mass is 10.2. The van der Waals surface area contributed by atoms with Crippen molar-refractivity contribution in [3.8, 4) is 0 Å². The van der Waals surface area contributed by atoms with Crippen molar-refractivity contribution in [2.75, 3.05) is 0 Å². The van der Waals surface area contributed by atoms with Crippen molar-refractivity contribution in [1.82, 2.24) is 0 Å². The molecule has 0 spiro atoms. The molecule has 2 aromatic carbocycles. The fourth-order valence-electron chi connectivity index (χ4n) is 4.21. The Balaban J connectivity index is 2.02. The molecule has 0 bridgehead atoms. The molecule has 3 nitrogen and oxygen atoms in total. The monoisotopic (exact) mass is 422 g/mol. The Labute approximate surface area is 182 Å². The quantitative estimate of drug-likeness (QED) is 0.503. The molecule has 1 aliphatic carbocycles. The molecule has 1 aliphatic rings. The number of ether oxygens (including phenoxy) is 1. The van der Waals surface area contributed by atoms with Crippen LogP contribution in [0.1, 0.15) is 54.4 Å². The Morgan fingerprint density at radius 1 is 0.867 bits per heavy atom. The largest absolute Gasteiger partial charge is 0.457 e. The fraction of sp³-hybridized carbons (Fsp3) is 0.423. The Kier molecular flexibility index (Phi) is 6.39. The van der Waals surface area contributed by atoms with E-state index in [-0.39, 0.29) is 17.1 Å². The molecule has 1 atom stereocenters. The molecule has 0 radical (unpaired) electrons. The van der Waals surface area contributed by atoms with Gasteiger partial charge >= 0.3 is 5.97 Å². The lowest BCUT2D eigenvalue weighted by molar-refractivity contribution is -0.149. The van der Waals surface area contributed by atoms with Crippen molar-refractivity contribution in [2.24, 2.45) is 0 Å². The van der Waals surface area contributed by atoms with Gasteiger partial charge in [-0.15, -0.1) is 0 Å². The summed E-state index contributed by atoms with van der Waals surface area (Å²) < 4.78 is 12.7. The first kappa shape index (κ1) is 22.5. The van der Waals surface area contributed by atoms with Crippen LogP contribution in [-0.2, 0) is 14.0 Å². The summed E-state index contributed by atoms with van der Waals surface area (Å²) in [6.45, 7) is 12.5. The molecule has 0 aliphatic heterocycles. The Morgan fingerprint density at radius 3 is 1.80 bits per heavy atom. The fourth-order valence-corrected chi connectivity index (χ4v) is 8.87. The number of benzene rings is 2. The highest BCUT2D eigenvalue weighted by molar-refractivity contribution is 6.99. The molecule has 0 N–H and O–H groups in total. The molecular formula is C26H34O3Si. The van der Waals surface area contributed by atoms with Crippen LogP contribution >= 0.6 is 0 Å². The minimum atomic E-state index is -2.62. The highest BCUT2D eigenvalue weighted by Crippen LogP contribution is 2.39. The number of carbonyl (C=O) groups is 1. The number of hydrogen-bond acceptors (Lipinski definition) is 3. The molecule has 0 fully saturated rings. The van der Waals surface area contributed by atoms with E-state index in [1.54, 1.807) is 0 Å². The SMILES string of the molecule is CC(C)(C)OC(=O)C1=CC(O[Si](c2ccccc2)(c2ccccc2)C(C)(C)C)CC1. The van der Waals surface area contributed by atoms with E-state index in [4.69, 9.17) is 9.16 Å². The molecule has 0 saturated carbocycles. The second-order valence-corrected chi connectivity index (χ2v) is 14.3. The van der Waals surface area contributed by atoms with Crippen LogP contribution < -0.4 is 10.4 Å². The average molecular weight is 423 g/mol. The first-order chi connectivity index (χ1) is 14.0. The van der Waals surface area contributed by atoms with E-state index in [0.29, 0.717) is 6.42 Å². The first-order valence-corrected chi connectivity index (χ1v) is 12.7. The van der Waals surface area contributed by atoms with Crippen molar-refractivity contribution in [3.05, 3.63) is 72.3 Å². The van der Waals surface area contributed by atoms with Gasteiger partial charge in [0.15, 0.2) is 0 Å². The van der Waals surface area contributed by atoms with Crippen molar-refractivity contribution in [1.29, 1.82) is 0 Å². The van der Waals surface area contributed by atoms with Gasteiger partial charge in [0.05, 0.1) is 6.10 Å². The van der Waals surface area contributed by atoms with Gasteiger partial charge < -0.3 is 9.16 Å². The van der Waals surface area contributed by atoms with Gasteiger partial charge in [-0.2, -0.15) is 0 Å². The predicted molar refractivity (Wildman–Crippen MR) is 126 cm³/mol. The summed E-state index contributed by atoms with van der Waals surface area (Å²) in [6.07, 6.45) is 3.39. The van der Waals surface area contributed by atoms with Gasteiger partial charge in [0.1, 0.15) is 5.60 Å². The van der Waals surface area contributed by atoms with Gasteiger partial charge in [-0.3, -0.25) is 0 Å². The third-order valence-corrected chi connectivity index (χ3v) is 10.6. The third-order valence-electron chi connectivity index (χ3n) is 5.49. The van der Waals surface area contributed by atoms with E-state index < -0.39 is 13.9 Å². The van der Waals surface area contributed by atoms with Gasteiger partial charge in [-0.25, -0.2) is 4.79 Å². The van der Waals surface area contributed by atoms with Crippen LogP contribution in [0.4, 0.5) is 0 Å². The first-order valence-electron chi connectivity index (χ1n) is 10.8. The topological polar surface area (TPSA) is 35.5 Å². The maximum Gasteiger partial charge on any atom is 0.334 e. The highest BCUT2D eigenvalue weighted by atomic mass is 28.4. The minimum Gasteiger partial charge on any atom is -0.457 e. The standard InChI is InChI=1S/C26H34O3Si/c1-25(2,3)28-24(27)20-17-18-21(19-20)29-30(26(4,5)6,22-13-9-7-10-14-22)23-15-11-8-12-16-23/h7-16,19,21H,17-18H2,1-6H3. The summed E-state index contributed by atoms with van der Waals surface area (Å²) in [5.41, 5.74) is 0.238. The summed E-state index contributed by atoms with van der Waals surface area (Å²) in [7, 11) is -2.62. The molecule has 0 heterocycles. The Hall–Kier alpha value is -2.17. The van der Waals surface area contributed by atoms with Crippen molar-refractivity contribution in [3.63, 3.8) is 0 Å². The van der Waals surface area contributed by atoms with Crippen LogP contribution in [0.2, 0.25) is 5.04 Å². The van der Waals surface area contributed by atoms with E-state index in [1.165, 1.54) is 10.4 Å². The van der Waals surface area contributed by atoms with Gasteiger partial charge in [-0.05, 0) is 55.1 Å². The molecular weight excluding hydrogens is 388 g/mol. The highest BCUT2D eigenvalue weighted by Gasteiger charge is 2.51. The molecule has 0 aromatic heterocycles. The summed E-state index contributed by atoms with van der Waals surface area (Å²) in [4.78, 5) is 12.6. The maximum atomic E-state index is 12.6. The normalized spacial score (nSPS) is 17.5. The van der Waals surface area contributed by atoms with Crippen LogP contribution in [0.5, 0.6) is 0 Å². The second kappa shape index (κ2) is 8.52. The van der Waals surface area contributed by atoms with E-state index in [1.807, 2.05) is 39.0 Å². The van der Waals surface area contributed by atoms with Crippen LogP contribution in [0.15, 0.2) is 72.3 Å². The number of carbonyl (C=O) groups excluding carboxylic acids is 1. The smallest absolute Gasteiger partial charge is 0.334 e. The summed E-state index contributed by atoms with van der Waals surface area (Å²) >= 11 is 0. The zero-order chi connectivity index (χ0) is 22.0. The van der Waals surface area contributed by atoms with E-state index in [9.17, 15) is 4.79 Å². The number of hydrogen-bond donors (Lipinski definition) is 0. The van der Waals surface area contributed by atoms with Crippen LogP contribution in [-0.4, -0.2) is 26.0 Å². The molecule has 0 saturated heterocycles. The maximum absolute atomic E-state index is 12.6. The van der Waals surface area contributed by atoms with Gasteiger partial charge in [0, 0.05) is 5.57 Å². The number of esters is 1. The zero-order valence-corrected chi connectivity index (χ0v) is 20.1. The second-order valence-electron chi connectivity index (χ2n) is 10.1. The Bertz CT molecular complexity index is 850. The molecule has 4 heteroatoms. The van der Waals surface area contributed by atoms with E-state index in [0.717, 1.165) is 12.0 Å². The average Bonchev–Trinajstić information content (AvgIpc) is 3.14.